The summed E-state index contributed by atoms with van der Waals surface area (Å²) in [4.78, 5) is 30.9. The molecule has 3 aromatic rings. The Hall–Kier alpha value is -3.67. The van der Waals surface area contributed by atoms with Crippen LogP contribution in [0.25, 0.3) is 0 Å². The highest BCUT2D eigenvalue weighted by Crippen LogP contribution is 2.22. The predicted molar refractivity (Wildman–Crippen MR) is 110 cm³/mol. The zero-order chi connectivity index (χ0) is 20.6. The molecule has 29 heavy (non-hydrogen) atoms. The standard InChI is InChI=1S/C23H22N2O4/c1-3-29-23(27)19-6-10-20(11-7-19)25(16-17-5-4-14-24-15-17)22(26)18-8-12-21(28-2)13-9-18/h4-15H,3,16H2,1-2H3. The highest BCUT2D eigenvalue weighted by Gasteiger charge is 2.19. The van der Waals surface area contributed by atoms with E-state index in [1.165, 1.54) is 0 Å². The molecule has 0 saturated carbocycles. The molecule has 0 atom stereocenters. The van der Waals surface area contributed by atoms with E-state index in [-0.39, 0.29) is 11.9 Å². The number of hydrogen-bond acceptors (Lipinski definition) is 5. The third kappa shape index (κ3) is 4.99. The number of ether oxygens (including phenoxy) is 2. The van der Waals surface area contributed by atoms with Crippen molar-refractivity contribution in [3.63, 3.8) is 0 Å². The molecule has 0 bridgehead atoms. The van der Waals surface area contributed by atoms with Crippen molar-refractivity contribution in [2.24, 2.45) is 0 Å². The summed E-state index contributed by atoms with van der Waals surface area (Å²) in [6.45, 7) is 2.41. The van der Waals surface area contributed by atoms with Crippen LogP contribution >= 0.6 is 0 Å². The van der Waals surface area contributed by atoms with E-state index < -0.39 is 0 Å². The van der Waals surface area contributed by atoms with Gasteiger partial charge in [-0.05, 0) is 67.1 Å². The van der Waals surface area contributed by atoms with Crippen LogP contribution in [0.2, 0.25) is 0 Å². The van der Waals surface area contributed by atoms with E-state index in [0.717, 1.165) is 5.56 Å². The van der Waals surface area contributed by atoms with Crippen molar-refractivity contribution in [3.05, 3.63) is 89.7 Å². The largest absolute Gasteiger partial charge is 0.497 e. The topological polar surface area (TPSA) is 68.7 Å². The maximum absolute atomic E-state index is 13.2. The van der Waals surface area contributed by atoms with Crippen LogP contribution in [0, 0.1) is 0 Å². The Bertz CT molecular complexity index is 954. The molecular weight excluding hydrogens is 368 g/mol. The van der Waals surface area contributed by atoms with E-state index in [1.807, 2.05) is 12.1 Å². The van der Waals surface area contributed by atoms with Crippen LogP contribution in [-0.2, 0) is 11.3 Å². The molecule has 0 unspecified atom stereocenters. The first-order valence-electron chi connectivity index (χ1n) is 9.24. The Morgan fingerprint density at radius 3 is 2.24 bits per heavy atom. The van der Waals surface area contributed by atoms with Crippen LogP contribution in [-0.4, -0.2) is 30.6 Å². The first kappa shape index (κ1) is 20.1. The lowest BCUT2D eigenvalue weighted by Gasteiger charge is -2.23. The van der Waals surface area contributed by atoms with Gasteiger partial charge in [0, 0.05) is 23.6 Å². The minimum Gasteiger partial charge on any atom is -0.497 e. The molecule has 0 saturated heterocycles. The number of benzene rings is 2. The van der Waals surface area contributed by atoms with Crippen molar-refractivity contribution >= 4 is 17.6 Å². The van der Waals surface area contributed by atoms with Gasteiger partial charge in [-0.15, -0.1) is 0 Å². The van der Waals surface area contributed by atoms with Gasteiger partial charge in [0.15, 0.2) is 0 Å². The van der Waals surface area contributed by atoms with Gasteiger partial charge in [0.05, 0.1) is 25.8 Å². The summed E-state index contributed by atoms with van der Waals surface area (Å²) in [6.07, 6.45) is 3.41. The van der Waals surface area contributed by atoms with Crippen molar-refractivity contribution in [3.8, 4) is 5.75 Å². The van der Waals surface area contributed by atoms with Gasteiger partial charge in [0.1, 0.15) is 5.75 Å². The van der Waals surface area contributed by atoms with Crippen LogP contribution in [0.5, 0.6) is 5.75 Å². The number of hydrogen-bond donors (Lipinski definition) is 0. The molecule has 0 fully saturated rings. The number of esters is 1. The minimum absolute atomic E-state index is 0.166. The molecule has 0 aliphatic rings. The fourth-order valence-corrected chi connectivity index (χ4v) is 2.84. The van der Waals surface area contributed by atoms with E-state index in [4.69, 9.17) is 9.47 Å². The molecule has 2 aromatic carbocycles. The average molecular weight is 390 g/mol. The van der Waals surface area contributed by atoms with Gasteiger partial charge >= 0.3 is 5.97 Å². The maximum Gasteiger partial charge on any atom is 0.338 e. The van der Waals surface area contributed by atoms with E-state index in [1.54, 1.807) is 79.9 Å². The quantitative estimate of drug-likeness (QED) is 0.568. The third-order valence-corrected chi connectivity index (χ3v) is 4.34. The molecule has 0 N–H and O–H groups in total. The number of carbonyl (C=O) groups excluding carboxylic acids is 2. The lowest BCUT2D eigenvalue weighted by molar-refractivity contribution is 0.0526. The van der Waals surface area contributed by atoms with Crippen molar-refractivity contribution in [1.82, 2.24) is 4.98 Å². The first-order chi connectivity index (χ1) is 14.1. The van der Waals surface area contributed by atoms with Gasteiger partial charge in [-0.1, -0.05) is 6.07 Å². The van der Waals surface area contributed by atoms with Crippen LogP contribution < -0.4 is 9.64 Å². The van der Waals surface area contributed by atoms with Gasteiger partial charge < -0.3 is 14.4 Å². The maximum atomic E-state index is 13.2. The van der Waals surface area contributed by atoms with Crippen molar-refractivity contribution in [2.75, 3.05) is 18.6 Å². The summed E-state index contributed by atoms with van der Waals surface area (Å²) in [5.74, 6) is 0.124. The Morgan fingerprint density at radius 1 is 0.966 bits per heavy atom. The monoisotopic (exact) mass is 390 g/mol. The van der Waals surface area contributed by atoms with Crippen molar-refractivity contribution in [1.29, 1.82) is 0 Å². The second-order valence-corrected chi connectivity index (χ2v) is 6.25. The molecule has 3 rings (SSSR count). The molecule has 6 heteroatoms. The number of anilines is 1. The van der Waals surface area contributed by atoms with Crippen molar-refractivity contribution in [2.45, 2.75) is 13.5 Å². The van der Waals surface area contributed by atoms with Crippen LogP contribution in [0.1, 0.15) is 33.2 Å². The zero-order valence-electron chi connectivity index (χ0n) is 16.4. The van der Waals surface area contributed by atoms with E-state index in [2.05, 4.69) is 4.98 Å². The number of aromatic nitrogens is 1. The number of methoxy groups -OCH3 is 1. The normalized spacial score (nSPS) is 10.3. The van der Waals surface area contributed by atoms with Gasteiger partial charge in [0.2, 0.25) is 0 Å². The number of pyridine rings is 1. The number of carbonyl (C=O) groups is 2. The Kier molecular flexibility index (Phi) is 6.58. The summed E-state index contributed by atoms with van der Waals surface area (Å²) in [5, 5.41) is 0. The molecule has 0 aliphatic carbocycles. The highest BCUT2D eigenvalue weighted by molar-refractivity contribution is 6.06. The second-order valence-electron chi connectivity index (χ2n) is 6.25. The Balaban J connectivity index is 1.91. The van der Waals surface area contributed by atoms with Crippen LogP contribution in [0.15, 0.2) is 73.1 Å². The summed E-state index contributed by atoms with van der Waals surface area (Å²) in [6, 6.07) is 17.5. The number of amides is 1. The van der Waals surface area contributed by atoms with Gasteiger partial charge in [-0.3, -0.25) is 9.78 Å². The molecular formula is C23H22N2O4. The van der Waals surface area contributed by atoms with Crippen LogP contribution in [0.4, 0.5) is 5.69 Å². The molecule has 1 heterocycles. The van der Waals surface area contributed by atoms with Gasteiger partial charge in [-0.2, -0.15) is 0 Å². The smallest absolute Gasteiger partial charge is 0.338 e. The predicted octanol–water partition coefficient (Wildman–Crippen LogP) is 4.11. The van der Waals surface area contributed by atoms with E-state index >= 15 is 0 Å². The van der Waals surface area contributed by atoms with E-state index in [9.17, 15) is 9.59 Å². The Labute approximate surface area is 169 Å². The fourth-order valence-electron chi connectivity index (χ4n) is 2.84. The Morgan fingerprint density at radius 2 is 1.66 bits per heavy atom. The molecule has 1 aromatic heterocycles. The lowest BCUT2D eigenvalue weighted by atomic mass is 10.1. The third-order valence-electron chi connectivity index (χ3n) is 4.34. The van der Waals surface area contributed by atoms with E-state index in [0.29, 0.717) is 35.7 Å². The lowest BCUT2D eigenvalue weighted by Crippen LogP contribution is -2.30. The molecule has 0 aliphatic heterocycles. The summed E-state index contributed by atoms with van der Waals surface area (Å²) < 4.78 is 10.2. The summed E-state index contributed by atoms with van der Waals surface area (Å²) in [5.41, 5.74) is 2.53. The first-order valence-corrected chi connectivity index (χ1v) is 9.24. The van der Waals surface area contributed by atoms with Gasteiger partial charge in [-0.25, -0.2) is 4.79 Å². The molecule has 6 nitrogen and oxygen atoms in total. The zero-order valence-corrected chi connectivity index (χ0v) is 16.4. The molecule has 0 radical (unpaired) electrons. The molecule has 148 valence electrons. The van der Waals surface area contributed by atoms with Gasteiger partial charge in [0.25, 0.3) is 5.91 Å². The summed E-state index contributed by atoms with van der Waals surface area (Å²) in [7, 11) is 1.58. The highest BCUT2D eigenvalue weighted by atomic mass is 16.5. The number of rotatable bonds is 7. The second kappa shape index (κ2) is 9.50. The number of nitrogens with zero attached hydrogens (tertiary/aromatic N) is 2. The average Bonchev–Trinajstić information content (AvgIpc) is 2.78. The van der Waals surface area contributed by atoms with Crippen molar-refractivity contribution < 1.29 is 19.1 Å². The molecule has 1 amide bonds. The fraction of sp³-hybridized carbons (Fsp3) is 0.174. The summed E-state index contributed by atoms with van der Waals surface area (Å²) >= 11 is 0. The van der Waals surface area contributed by atoms with Crippen LogP contribution in [0.3, 0.4) is 0 Å². The minimum atomic E-state index is -0.389. The molecule has 0 spiro atoms. The SMILES string of the molecule is CCOC(=O)c1ccc(N(Cc2cccnc2)C(=O)c2ccc(OC)cc2)cc1.